The van der Waals surface area contributed by atoms with Gasteiger partial charge in [0.25, 0.3) is 0 Å². The fraction of sp³-hybridized carbons (Fsp3) is 0.500. The second-order valence-electron chi connectivity index (χ2n) is 4.73. The summed E-state index contributed by atoms with van der Waals surface area (Å²) in [5.74, 6) is -0.280. The zero-order valence-corrected chi connectivity index (χ0v) is 11.0. The molecule has 0 amide bonds. The van der Waals surface area contributed by atoms with Crippen LogP contribution in [0, 0.1) is 0 Å². The topological polar surface area (TPSA) is 41.6 Å². The summed E-state index contributed by atoms with van der Waals surface area (Å²) in [6, 6.07) is 8.21. The van der Waals surface area contributed by atoms with Gasteiger partial charge in [0, 0.05) is 25.7 Å². The summed E-state index contributed by atoms with van der Waals surface area (Å²) in [6.45, 7) is 3.18. The van der Waals surface area contributed by atoms with Crippen LogP contribution in [0.25, 0.3) is 0 Å². The lowest BCUT2D eigenvalue weighted by molar-refractivity contribution is 0.0600. The maximum Gasteiger partial charge on any atom is 0.337 e. The van der Waals surface area contributed by atoms with Gasteiger partial charge in [0.15, 0.2) is 0 Å². The van der Waals surface area contributed by atoms with E-state index < -0.39 is 0 Å². The summed E-state index contributed by atoms with van der Waals surface area (Å²) in [6.07, 6.45) is 1.00. The van der Waals surface area contributed by atoms with Crippen molar-refractivity contribution in [3.05, 3.63) is 35.4 Å². The number of carbonyl (C=O) groups is 1. The fourth-order valence-electron chi connectivity index (χ4n) is 2.26. The Kier molecular flexibility index (Phi) is 4.33. The van der Waals surface area contributed by atoms with Crippen LogP contribution in [-0.4, -0.2) is 50.7 Å². The molecule has 2 rings (SSSR count). The van der Waals surface area contributed by atoms with Crippen molar-refractivity contribution in [2.45, 2.75) is 12.5 Å². The molecule has 1 aliphatic rings. The summed E-state index contributed by atoms with van der Waals surface area (Å²) in [4.78, 5) is 13.7. The van der Waals surface area contributed by atoms with E-state index in [2.05, 4.69) is 22.0 Å². The molecule has 1 atom stereocenters. The molecule has 0 aromatic heterocycles. The highest BCUT2D eigenvalue weighted by atomic mass is 16.5. The van der Waals surface area contributed by atoms with E-state index in [-0.39, 0.29) is 5.97 Å². The third-order valence-corrected chi connectivity index (χ3v) is 3.49. The number of nitrogens with one attached hydrogen (secondary N) is 1. The molecule has 4 nitrogen and oxygen atoms in total. The third kappa shape index (κ3) is 3.09. The molecule has 1 aromatic rings. The molecular weight excluding hydrogens is 228 g/mol. The van der Waals surface area contributed by atoms with E-state index in [1.165, 1.54) is 12.7 Å². The highest BCUT2D eigenvalue weighted by molar-refractivity contribution is 5.89. The molecule has 1 heterocycles. The molecule has 98 valence electrons. The molecule has 0 radical (unpaired) electrons. The van der Waals surface area contributed by atoms with Crippen molar-refractivity contribution >= 4 is 5.97 Å². The number of ether oxygens (including phenoxy) is 1. The number of rotatable bonds is 3. The van der Waals surface area contributed by atoms with Gasteiger partial charge >= 0.3 is 5.97 Å². The second-order valence-corrected chi connectivity index (χ2v) is 4.73. The lowest BCUT2D eigenvalue weighted by Gasteiger charge is -2.33. The van der Waals surface area contributed by atoms with Crippen LogP contribution >= 0.6 is 0 Å². The van der Waals surface area contributed by atoms with E-state index >= 15 is 0 Å². The predicted octanol–water partition coefficient (Wildman–Crippen LogP) is 0.919. The molecule has 0 saturated carbocycles. The van der Waals surface area contributed by atoms with Crippen molar-refractivity contribution in [1.82, 2.24) is 10.2 Å². The number of methoxy groups -OCH3 is 1. The van der Waals surface area contributed by atoms with Crippen LogP contribution in [0.5, 0.6) is 0 Å². The molecule has 1 aromatic carbocycles. The minimum Gasteiger partial charge on any atom is -0.465 e. The van der Waals surface area contributed by atoms with E-state index in [0.717, 1.165) is 26.1 Å². The van der Waals surface area contributed by atoms with Gasteiger partial charge in [-0.1, -0.05) is 12.1 Å². The zero-order valence-electron chi connectivity index (χ0n) is 11.0. The van der Waals surface area contributed by atoms with Crippen molar-refractivity contribution < 1.29 is 9.53 Å². The number of hydrogen-bond donors (Lipinski definition) is 1. The Morgan fingerprint density at radius 2 is 2.17 bits per heavy atom. The normalized spacial score (nSPS) is 20.7. The smallest absolute Gasteiger partial charge is 0.337 e. The van der Waals surface area contributed by atoms with Gasteiger partial charge in [0.2, 0.25) is 0 Å². The van der Waals surface area contributed by atoms with Gasteiger partial charge in [-0.25, -0.2) is 4.79 Å². The van der Waals surface area contributed by atoms with Gasteiger partial charge in [0.05, 0.1) is 12.7 Å². The molecule has 0 aliphatic carbocycles. The Morgan fingerprint density at radius 1 is 1.44 bits per heavy atom. The monoisotopic (exact) mass is 248 g/mol. The minimum absolute atomic E-state index is 0.280. The molecule has 1 N–H and O–H groups in total. The lowest BCUT2D eigenvalue weighted by atomic mass is 10.0. The number of carbonyl (C=O) groups excluding carboxylic acids is 1. The minimum atomic E-state index is -0.280. The number of likely N-dealkylation sites (N-methyl/N-ethyl adjacent to an activating group) is 1. The van der Waals surface area contributed by atoms with Gasteiger partial charge in [-0.2, -0.15) is 0 Å². The van der Waals surface area contributed by atoms with Gasteiger partial charge in [-0.3, -0.25) is 0 Å². The van der Waals surface area contributed by atoms with E-state index in [4.69, 9.17) is 0 Å². The maximum absolute atomic E-state index is 11.3. The molecule has 18 heavy (non-hydrogen) atoms. The van der Waals surface area contributed by atoms with Crippen LogP contribution < -0.4 is 5.32 Å². The number of esters is 1. The first kappa shape index (κ1) is 13.1. The SMILES string of the molecule is COC(=O)c1ccc(CC2CNCCN2C)cc1. The molecule has 1 saturated heterocycles. The zero-order chi connectivity index (χ0) is 13.0. The maximum atomic E-state index is 11.3. The van der Waals surface area contributed by atoms with Gasteiger partial charge in [-0.15, -0.1) is 0 Å². The Balaban J connectivity index is 1.99. The quantitative estimate of drug-likeness (QED) is 0.808. The van der Waals surface area contributed by atoms with Gasteiger partial charge in [-0.05, 0) is 31.2 Å². The predicted molar refractivity (Wildman–Crippen MR) is 70.8 cm³/mol. The number of piperazine rings is 1. The molecular formula is C14H20N2O2. The van der Waals surface area contributed by atoms with E-state index in [1.54, 1.807) is 0 Å². The van der Waals surface area contributed by atoms with Crippen molar-refractivity contribution in [3.8, 4) is 0 Å². The molecule has 0 bridgehead atoms. The average Bonchev–Trinajstić information content (AvgIpc) is 2.41. The van der Waals surface area contributed by atoms with Crippen LogP contribution in [0.1, 0.15) is 15.9 Å². The molecule has 1 unspecified atom stereocenters. The van der Waals surface area contributed by atoms with Crippen molar-refractivity contribution in [1.29, 1.82) is 0 Å². The Hall–Kier alpha value is -1.39. The summed E-state index contributed by atoms with van der Waals surface area (Å²) in [5, 5.41) is 3.41. The van der Waals surface area contributed by atoms with Crippen LogP contribution in [0.4, 0.5) is 0 Å². The van der Waals surface area contributed by atoms with E-state index in [0.29, 0.717) is 11.6 Å². The number of hydrogen-bond acceptors (Lipinski definition) is 4. The summed E-state index contributed by atoms with van der Waals surface area (Å²) >= 11 is 0. The Labute approximate surface area is 108 Å². The van der Waals surface area contributed by atoms with Crippen LogP contribution in [0.15, 0.2) is 24.3 Å². The number of benzene rings is 1. The largest absolute Gasteiger partial charge is 0.465 e. The first-order valence-electron chi connectivity index (χ1n) is 6.29. The second kappa shape index (κ2) is 5.98. The van der Waals surface area contributed by atoms with Crippen molar-refractivity contribution in [2.75, 3.05) is 33.8 Å². The summed E-state index contributed by atoms with van der Waals surface area (Å²) in [7, 11) is 3.56. The first-order chi connectivity index (χ1) is 8.70. The molecule has 1 aliphatic heterocycles. The highest BCUT2D eigenvalue weighted by Crippen LogP contribution is 2.11. The fourth-order valence-corrected chi connectivity index (χ4v) is 2.26. The summed E-state index contributed by atoms with van der Waals surface area (Å²) < 4.78 is 4.69. The summed E-state index contributed by atoms with van der Waals surface area (Å²) in [5.41, 5.74) is 1.86. The van der Waals surface area contributed by atoms with Crippen LogP contribution in [0.3, 0.4) is 0 Å². The lowest BCUT2D eigenvalue weighted by Crippen LogP contribution is -2.50. The molecule has 0 spiro atoms. The average molecular weight is 248 g/mol. The number of nitrogens with zero attached hydrogens (tertiary/aromatic N) is 1. The van der Waals surface area contributed by atoms with Crippen molar-refractivity contribution in [2.24, 2.45) is 0 Å². The van der Waals surface area contributed by atoms with Crippen LogP contribution in [0.2, 0.25) is 0 Å². The Morgan fingerprint density at radius 3 is 2.78 bits per heavy atom. The van der Waals surface area contributed by atoms with Gasteiger partial charge in [0.1, 0.15) is 0 Å². The van der Waals surface area contributed by atoms with E-state index in [9.17, 15) is 4.79 Å². The first-order valence-corrected chi connectivity index (χ1v) is 6.29. The molecule has 1 fully saturated rings. The standard InChI is InChI=1S/C14H20N2O2/c1-16-8-7-15-10-13(16)9-11-3-5-12(6-4-11)14(17)18-2/h3-6,13,15H,7-10H2,1-2H3. The molecule has 4 heteroatoms. The van der Waals surface area contributed by atoms with Gasteiger partial charge < -0.3 is 15.0 Å². The Bertz CT molecular complexity index is 403. The highest BCUT2D eigenvalue weighted by Gasteiger charge is 2.18. The third-order valence-electron chi connectivity index (χ3n) is 3.49. The van der Waals surface area contributed by atoms with Crippen LogP contribution in [-0.2, 0) is 11.2 Å². The van der Waals surface area contributed by atoms with Crippen molar-refractivity contribution in [3.63, 3.8) is 0 Å². The van der Waals surface area contributed by atoms with E-state index in [1.807, 2.05) is 24.3 Å².